The van der Waals surface area contributed by atoms with Crippen LogP contribution in [0.25, 0.3) is 66.1 Å². The Morgan fingerprint density at radius 2 is 0.846 bits per heavy atom. The van der Waals surface area contributed by atoms with Crippen LogP contribution >= 0.6 is 11.3 Å². The number of hydrogen-bond donors (Lipinski definition) is 0. The third kappa shape index (κ3) is 4.72. The van der Waals surface area contributed by atoms with Crippen molar-refractivity contribution in [1.82, 2.24) is 19.9 Å². The van der Waals surface area contributed by atoms with Crippen molar-refractivity contribution in [2.75, 3.05) is 0 Å². The zero-order valence-electron chi connectivity index (χ0n) is 20.9. The highest BCUT2D eigenvalue weighted by molar-refractivity contribution is 7.21. The second-order valence-electron chi connectivity index (χ2n) is 9.19. The molecule has 0 spiro atoms. The molecule has 0 bridgehead atoms. The Bertz CT molecular complexity index is 1840. The molecule has 0 saturated heterocycles. The van der Waals surface area contributed by atoms with Gasteiger partial charge in [0.25, 0.3) is 0 Å². The maximum atomic E-state index is 4.89. The summed E-state index contributed by atoms with van der Waals surface area (Å²) in [6.45, 7) is 0. The predicted octanol–water partition coefficient (Wildman–Crippen LogP) is 8.82. The first-order chi connectivity index (χ1) is 19.3. The van der Waals surface area contributed by atoms with Crippen molar-refractivity contribution in [3.63, 3.8) is 0 Å². The molecule has 0 fully saturated rings. The van der Waals surface area contributed by atoms with E-state index in [1.165, 1.54) is 0 Å². The van der Waals surface area contributed by atoms with Crippen molar-refractivity contribution < 1.29 is 0 Å². The molecule has 0 aliphatic rings. The highest BCUT2D eigenvalue weighted by atomic mass is 32.1. The fourth-order valence-electron chi connectivity index (χ4n) is 4.58. The minimum atomic E-state index is 0.648. The average molecular weight is 519 g/mol. The monoisotopic (exact) mass is 518 g/mol. The van der Waals surface area contributed by atoms with Crippen LogP contribution in [0.4, 0.5) is 0 Å². The predicted molar refractivity (Wildman–Crippen MR) is 160 cm³/mol. The maximum absolute atomic E-state index is 4.89. The van der Waals surface area contributed by atoms with E-state index in [0.717, 1.165) is 48.6 Å². The topological polar surface area (TPSA) is 51.6 Å². The minimum absolute atomic E-state index is 0.648. The molecule has 0 unspecified atom stereocenters. The van der Waals surface area contributed by atoms with Crippen LogP contribution in [-0.2, 0) is 0 Å². The lowest BCUT2D eigenvalue weighted by atomic mass is 10.0. The van der Waals surface area contributed by atoms with Gasteiger partial charge in [-0.2, -0.15) is 0 Å². The standard InChI is InChI=1S/C34H22N4S/c1-4-11-23(12-5-1)31-36-32(24-13-6-2-7-14-24)38-33(37-31)28-18-10-17-26(21-28)27-19-20-29-30(22-27)39-34(35-29)25-15-8-3-9-16-25/h1-22H. The molecule has 0 aliphatic carbocycles. The van der Waals surface area contributed by atoms with Gasteiger partial charge in [-0.15, -0.1) is 11.3 Å². The largest absolute Gasteiger partial charge is 0.236 e. The fourth-order valence-corrected chi connectivity index (χ4v) is 5.59. The van der Waals surface area contributed by atoms with Gasteiger partial charge >= 0.3 is 0 Å². The van der Waals surface area contributed by atoms with E-state index < -0.39 is 0 Å². The molecular weight excluding hydrogens is 496 g/mol. The van der Waals surface area contributed by atoms with E-state index in [4.69, 9.17) is 19.9 Å². The van der Waals surface area contributed by atoms with E-state index in [1.807, 2.05) is 78.9 Å². The Labute approximate surface area is 230 Å². The summed E-state index contributed by atoms with van der Waals surface area (Å²) in [7, 11) is 0. The van der Waals surface area contributed by atoms with Crippen molar-refractivity contribution in [2.24, 2.45) is 0 Å². The smallest absolute Gasteiger partial charge is 0.164 e. The number of rotatable bonds is 5. The molecule has 0 amide bonds. The van der Waals surface area contributed by atoms with Crippen LogP contribution in [-0.4, -0.2) is 19.9 Å². The zero-order chi connectivity index (χ0) is 26.0. The molecule has 7 aromatic rings. The van der Waals surface area contributed by atoms with Gasteiger partial charge < -0.3 is 0 Å². The first-order valence-corrected chi connectivity index (χ1v) is 13.6. The Kier molecular flexibility index (Phi) is 5.96. The number of hydrogen-bond acceptors (Lipinski definition) is 5. The molecule has 5 heteroatoms. The van der Waals surface area contributed by atoms with Crippen molar-refractivity contribution in [3.8, 4) is 55.9 Å². The summed E-state index contributed by atoms with van der Waals surface area (Å²) in [5.74, 6) is 1.96. The van der Waals surface area contributed by atoms with Crippen LogP contribution in [0.2, 0.25) is 0 Å². The maximum Gasteiger partial charge on any atom is 0.164 e. The van der Waals surface area contributed by atoms with Crippen molar-refractivity contribution in [1.29, 1.82) is 0 Å². The number of fused-ring (bicyclic) bond motifs is 1. The molecular formula is C34H22N4S. The van der Waals surface area contributed by atoms with E-state index in [9.17, 15) is 0 Å². The SMILES string of the molecule is c1ccc(-c2nc(-c3ccccc3)nc(-c3cccc(-c4ccc5nc(-c6ccccc6)sc5c4)c3)n2)cc1. The van der Waals surface area contributed by atoms with Gasteiger partial charge in [-0.25, -0.2) is 19.9 Å². The van der Waals surface area contributed by atoms with Crippen LogP contribution in [0.3, 0.4) is 0 Å². The van der Waals surface area contributed by atoms with Gasteiger partial charge in [-0.1, -0.05) is 115 Å². The van der Waals surface area contributed by atoms with E-state index in [1.54, 1.807) is 11.3 Å². The van der Waals surface area contributed by atoms with Crippen LogP contribution in [0.15, 0.2) is 133 Å². The normalized spacial score (nSPS) is 11.1. The molecule has 2 aromatic heterocycles. The lowest BCUT2D eigenvalue weighted by molar-refractivity contribution is 1.07. The van der Waals surface area contributed by atoms with E-state index in [2.05, 4.69) is 54.6 Å². The van der Waals surface area contributed by atoms with E-state index >= 15 is 0 Å². The molecule has 0 aliphatic heterocycles. The number of aromatic nitrogens is 4. The average Bonchev–Trinajstić information content (AvgIpc) is 3.46. The van der Waals surface area contributed by atoms with Crippen LogP contribution < -0.4 is 0 Å². The van der Waals surface area contributed by atoms with Crippen molar-refractivity contribution >= 4 is 21.6 Å². The Balaban J connectivity index is 1.31. The van der Waals surface area contributed by atoms with Crippen molar-refractivity contribution in [3.05, 3.63) is 133 Å². The third-order valence-corrected chi connectivity index (χ3v) is 7.63. The summed E-state index contributed by atoms with van der Waals surface area (Å²) < 4.78 is 1.16. The quantitative estimate of drug-likeness (QED) is 0.228. The molecule has 39 heavy (non-hydrogen) atoms. The summed E-state index contributed by atoms with van der Waals surface area (Å²) in [5, 5.41) is 1.03. The van der Waals surface area contributed by atoms with Crippen molar-refractivity contribution in [2.45, 2.75) is 0 Å². The molecule has 184 valence electrons. The second kappa shape index (κ2) is 10.0. The molecule has 0 N–H and O–H groups in total. The van der Waals surface area contributed by atoms with Gasteiger partial charge in [0, 0.05) is 22.3 Å². The van der Waals surface area contributed by atoms with Crippen LogP contribution in [0.1, 0.15) is 0 Å². The van der Waals surface area contributed by atoms with Crippen LogP contribution in [0.5, 0.6) is 0 Å². The highest BCUT2D eigenvalue weighted by Crippen LogP contribution is 2.34. The summed E-state index contributed by atoms with van der Waals surface area (Å²) >= 11 is 1.71. The molecule has 0 atom stereocenters. The zero-order valence-corrected chi connectivity index (χ0v) is 21.7. The number of nitrogens with zero attached hydrogens (tertiary/aromatic N) is 4. The van der Waals surface area contributed by atoms with Gasteiger partial charge in [-0.3, -0.25) is 0 Å². The van der Waals surface area contributed by atoms with Gasteiger partial charge in [0.15, 0.2) is 17.5 Å². The van der Waals surface area contributed by atoms with Gasteiger partial charge in [0.05, 0.1) is 10.2 Å². The third-order valence-electron chi connectivity index (χ3n) is 6.56. The lowest BCUT2D eigenvalue weighted by Crippen LogP contribution is -2.00. The number of thiazole rings is 1. The first-order valence-electron chi connectivity index (χ1n) is 12.7. The Hall–Kier alpha value is -5.00. The van der Waals surface area contributed by atoms with Gasteiger partial charge in [-0.05, 0) is 29.3 Å². The molecule has 0 radical (unpaired) electrons. The van der Waals surface area contributed by atoms with Gasteiger partial charge in [0.2, 0.25) is 0 Å². The van der Waals surface area contributed by atoms with E-state index in [0.29, 0.717) is 17.5 Å². The first kappa shape index (κ1) is 23.1. The molecule has 2 heterocycles. The molecule has 5 aromatic carbocycles. The lowest BCUT2D eigenvalue weighted by Gasteiger charge is -2.09. The van der Waals surface area contributed by atoms with Crippen LogP contribution in [0, 0.1) is 0 Å². The Morgan fingerprint density at radius 1 is 0.359 bits per heavy atom. The minimum Gasteiger partial charge on any atom is -0.236 e. The second-order valence-corrected chi connectivity index (χ2v) is 10.2. The molecule has 7 rings (SSSR count). The summed E-state index contributed by atoms with van der Waals surface area (Å²) in [5.41, 5.74) is 7.24. The summed E-state index contributed by atoms with van der Waals surface area (Å²) in [4.78, 5) is 19.4. The molecule has 0 saturated carbocycles. The van der Waals surface area contributed by atoms with E-state index in [-0.39, 0.29) is 0 Å². The number of benzene rings is 5. The van der Waals surface area contributed by atoms with Gasteiger partial charge in [0.1, 0.15) is 5.01 Å². The Morgan fingerprint density at radius 3 is 1.46 bits per heavy atom. The fraction of sp³-hybridized carbons (Fsp3) is 0. The molecule has 4 nitrogen and oxygen atoms in total. The summed E-state index contributed by atoms with van der Waals surface area (Å²) in [6.07, 6.45) is 0. The summed E-state index contributed by atoms with van der Waals surface area (Å²) in [6, 6.07) is 45.3. The highest BCUT2D eigenvalue weighted by Gasteiger charge is 2.13.